The highest BCUT2D eigenvalue weighted by molar-refractivity contribution is 5.23. The van der Waals surface area contributed by atoms with E-state index < -0.39 is 0 Å². The first-order valence-corrected chi connectivity index (χ1v) is 6.74. The van der Waals surface area contributed by atoms with Crippen LogP contribution < -0.4 is 5.32 Å². The molecule has 0 radical (unpaired) electrons. The molecule has 2 aromatic carbocycles. The van der Waals surface area contributed by atoms with Crippen LogP contribution in [0.15, 0.2) is 54.6 Å². The summed E-state index contributed by atoms with van der Waals surface area (Å²) in [4.78, 5) is 0. The van der Waals surface area contributed by atoms with Gasteiger partial charge in [0.05, 0.1) is 6.10 Å². The van der Waals surface area contributed by atoms with Gasteiger partial charge in [0.1, 0.15) is 5.82 Å². The molecule has 0 spiro atoms. The Balaban J connectivity index is 2.20. The molecule has 2 atom stereocenters. The van der Waals surface area contributed by atoms with Crippen molar-refractivity contribution in [2.45, 2.75) is 18.6 Å². The molecule has 0 fully saturated rings. The van der Waals surface area contributed by atoms with Crippen LogP contribution in [0.3, 0.4) is 0 Å². The highest BCUT2D eigenvalue weighted by Crippen LogP contribution is 2.23. The maximum atomic E-state index is 13.8. The van der Waals surface area contributed by atoms with E-state index in [2.05, 4.69) is 5.32 Å². The standard InChI is InChI=1S/C17H20FNO/c1-19-16(12-14-10-6-7-11-15(14)18)17(20-2)13-8-4-3-5-9-13/h3-11,16-17,19H,12H2,1-2H3. The Hall–Kier alpha value is -1.71. The number of methoxy groups -OCH3 is 1. The fraction of sp³-hybridized carbons (Fsp3) is 0.294. The molecular formula is C17H20FNO. The Bertz CT molecular complexity index is 530. The second kappa shape index (κ2) is 7.17. The highest BCUT2D eigenvalue weighted by Gasteiger charge is 2.22. The summed E-state index contributed by atoms with van der Waals surface area (Å²) < 4.78 is 19.4. The summed E-state index contributed by atoms with van der Waals surface area (Å²) in [6, 6.07) is 16.9. The number of hydrogen-bond donors (Lipinski definition) is 1. The monoisotopic (exact) mass is 273 g/mol. The maximum absolute atomic E-state index is 13.8. The molecule has 0 bridgehead atoms. The third kappa shape index (κ3) is 3.44. The molecule has 0 aromatic heterocycles. The van der Waals surface area contributed by atoms with Gasteiger partial charge in [-0.25, -0.2) is 4.39 Å². The predicted molar refractivity (Wildman–Crippen MR) is 79.1 cm³/mol. The molecule has 1 N–H and O–H groups in total. The highest BCUT2D eigenvalue weighted by atomic mass is 19.1. The zero-order valence-electron chi connectivity index (χ0n) is 11.8. The Morgan fingerprint density at radius 3 is 2.30 bits per heavy atom. The second-order valence-corrected chi connectivity index (χ2v) is 4.76. The van der Waals surface area contributed by atoms with Crippen molar-refractivity contribution >= 4 is 0 Å². The van der Waals surface area contributed by atoms with Crippen LogP contribution in [0.2, 0.25) is 0 Å². The summed E-state index contributed by atoms with van der Waals surface area (Å²) in [5.41, 5.74) is 1.79. The lowest BCUT2D eigenvalue weighted by molar-refractivity contribution is 0.0701. The largest absolute Gasteiger partial charge is 0.375 e. The molecule has 3 heteroatoms. The lowest BCUT2D eigenvalue weighted by Crippen LogP contribution is -2.35. The predicted octanol–water partition coefficient (Wildman–Crippen LogP) is 3.34. The average Bonchev–Trinajstić information content (AvgIpc) is 2.50. The van der Waals surface area contributed by atoms with Gasteiger partial charge in [-0.1, -0.05) is 48.5 Å². The molecule has 0 saturated carbocycles. The second-order valence-electron chi connectivity index (χ2n) is 4.76. The lowest BCUT2D eigenvalue weighted by Gasteiger charge is -2.26. The van der Waals surface area contributed by atoms with Crippen LogP contribution in [-0.2, 0) is 11.2 Å². The van der Waals surface area contributed by atoms with Gasteiger partial charge in [0.25, 0.3) is 0 Å². The maximum Gasteiger partial charge on any atom is 0.126 e. The summed E-state index contributed by atoms with van der Waals surface area (Å²) in [5, 5.41) is 3.24. The van der Waals surface area contributed by atoms with E-state index in [4.69, 9.17) is 4.74 Å². The smallest absolute Gasteiger partial charge is 0.126 e. The van der Waals surface area contributed by atoms with Crippen molar-refractivity contribution in [1.29, 1.82) is 0 Å². The van der Waals surface area contributed by atoms with Crippen molar-refractivity contribution in [3.8, 4) is 0 Å². The Morgan fingerprint density at radius 2 is 1.70 bits per heavy atom. The quantitative estimate of drug-likeness (QED) is 0.871. The number of halogens is 1. The number of ether oxygens (including phenoxy) is 1. The Morgan fingerprint density at radius 1 is 1.05 bits per heavy atom. The number of rotatable bonds is 6. The lowest BCUT2D eigenvalue weighted by atomic mass is 9.96. The van der Waals surface area contributed by atoms with E-state index in [1.807, 2.05) is 49.5 Å². The summed E-state index contributed by atoms with van der Waals surface area (Å²) in [7, 11) is 3.56. The number of nitrogens with one attached hydrogen (secondary N) is 1. The molecular weight excluding hydrogens is 253 g/mol. The molecule has 0 aliphatic heterocycles. The van der Waals surface area contributed by atoms with Crippen LogP contribution in [0.5, 0.6) is 0 Å². The molecule has 0 amide bonds. The third-order valence-corrected chi connectivity index (χ3v) is 3.52. The van der Waals surface area contributed by atoms with Gasteiger partial charge in [-0.2, -0.15) is 0 Å². The summed E-state index contributed by atoms with van der Waals surface area (Å²) >= 11 is 0. The van der Waals surface area contributed by atoms with Crippen molar-refractivity contribution in [3.63, 3.8) is 0 Å². The zero-order chi connectivity index (χ0) is 14.4. The average molecular weight is 273 g/mol. The fourth-order valence-corrected chi connectivity index (χ4v) is 2.44. The molecule has 0 aliphatic rings. The molecule has 2 unspecified atom stereocenters. The van der Waals surface area contributed by atoms with E-state index >= 15 is 0 Å². The molecule has 2 nitrogen and oxygen atoms in total. The van der Waals surface area contributed by atoms with Crippen molar-refractivity contribution in [2.75, 3.05) is 14.2 Å². The van der Waals surface area contributed by atoms with E-state index in [1.54, 1.807) is 13.2 Å². The molecule has 2 aromatic rings. The van der Waals surface area contributed by atoms with Gasteiger partial charge >= 0.3 is 0 Å². The first-order valence-electron chi connectivity index (χ1n) is 6.74. The van der Waals surface area contributed by atoms with Gasteiger partial charge in [0.2, 0.25) is 0 Å². The normalized spacial score (nSPS) is 13.9. The van der Waals surface area contributed by atoms with Crippen LogP contribution in [0.25, 0.3) is 0 Å². The van der Waals surface area contributed by atoms with E-state index in [0.717, 1.165) is 5.56 Å². The summed E-state index contributed by atoms with van der Waals surface area (Å²) in [6.07, 6.45) is 0.470. The van der Waals surface area contributed by atoms with Gasteiger partial charge in [-0.05, 0) is 30.7 Å². The molecule has 2 rings (SSSR count). The van der Waals surface area contributed by atoms with Crippen molar-refractivity contribution in [2.24, 2.45) is 0 Å². The van der Waals surface area contributed by atoms with Crippen molar-refractivity contribution < 1.29 is 9.13 Å². The topological polar surface area (TPSA) is 21.3 Å². The summed E-state index contributed by atoms with van der Waals surface area (Å²) in [5.74, 6) is -0.171. The number of hydrogen-bond acceptors (Lipinski definition) is 2. The third-order valence-electron chi connectivity index (χ3n) is 3.52. The number of benzene rings is 2. The van der Waals surface area contributed by atoms with E-state index in [0.29, 0.717) is 12.0 Å². The summed E-state index contributed by atoms with van der Waals surface area (Å²) in [6.45, 7) is 0. The van der Waals surface area contributed by atoms with Crippen molar-refractivity contribution in [1.82, 2.24) is 5.32 Å². The van der Waals surface area contributed by atoms with Crippen LogP contribution in [0, 0.1) is 5.82 Å². The first-order chi connectivity index (χ1) is 9.76. The molecule has 106 valence electrons. The van der Waals surface area contributed by atoms with Crippen LogP contribution >= 0.6 is 0 Å². The van der Waals surface area contributed by atoms with Gasteiger partial charge < -0.3 is 10.1 Å². The van der Waals surface area contributed by atoms with Crippen LogP contribution in [0.1, 0.15) is 17.2 Å². The van der Waals surface area contributed by atoms with E-state index in [1.165, 1.54) is 6.07 Å². The minimum atomic E-state index is -0.171. The van der Waals surface area contributed by atoms with Gasteiger partial charge in [-0.3, -0.25) is 0 Å². The van der Waals surface area contributed by atoms with E-state index in [-0.39, 0.29) is 18.0 Å². The SMILES string of the molecule is CNC(Cc1ccccc1F)C(OC)c1ccccc1. The molecule has 0 saturated heterocycles. The minimum absolute atomic E-state index is 0.0132. The number of likely N-dealkylation sites (N-methyl/N-ethyl adjacent to an activating group) is 1. The minimum Gasteiger partial charge on any atom is -0.375 e. The van der Waals surface area contributed by atoms with Gasteiger partial charge in [0, 0.05) is 13.2 Å². The molecule has 20 heavy (non-hydrogen) atoms. The first kappa shape index (κ1) is 14.7. The zero-order valence-corrected chi connectivity index (χ0v) is 11.8. The van der Waals surface area contributed by atoms with Gasteiger partial charge in [-0.15, -0.1) is 0 Å². The molecule has 0 aliphatic carbocycles. The van der Waals surface area contributed by atoms with Crippen molar-refractivity contribution in [3.05, 3.63) is 71.5 Å². The van der Waals surface area contributed by atoms with Crippen LogP contribution in [-0.4, -0.2) is 20.2 Å². The van der Waals surface area contributed by atoms with Crippen LogP contribution in [0.4, 0.5) is 4.39 Å². The van der Waals surface area contributed by atoms with E-state index in [9.17, 15) is 4.39 Å². The Kier molecular flexibility index (Phi) is 5.27. The Labute approximate surface area is 119 Å². The fourth-order valence-electron chi connectivity index (χ4n) is 2.44. The molecule has 0 heterocycles. The van der Waals surface area contributed by atoms with Gasteiger partial charge in [0.15, 0.2) is 0 Å².